The number of fused-ring (bicyclic) bond motifs is 1. The zero-order valence-corrected chi connectivity index (χ0v) is 7.38. The standard InChI is InChI=1S/C9H10N2O/c1-5-6(2)12-8-4-10-7(3)11-9(5)8/h4H,1-3H3. The fourth-order valence-corrected chi connectivity index (χ4v) is 1.21. The van der Waals surface area contributed by atoms with Gasteiger partial charge in [0.25, 0.3) is 0 Å². The summed E-state index contributed by atoms with van der Waals surface area (Å²) in [5.41, 5.74) is 2.81. The van der Waals surface area contributed by atoms with Gasteiger partial charge in [-0.1, -0.05) is 0 Å². The highest BCUT2D eigenvalue weighted by Crippen LogP contribution is 2.21. The van der Waals surface area contributed by atoms with Crippen LogP contribution in [0.2, 0.25) is 0 Å². The topological polar surface area (TPSA) is 38.9 Å². The van der Waals surface area contributed by atoms with Crippen molar-refractivity contribution in [3.8, 4) is 0 Å². The molecule has 2 rings (SSSR count). The van der Waals surface area contributed by atoms with Gasteiger partial charge in [-0.2, -0.15) is 0 Å². The van der Waals surface area contributed by atoms with E-state index in [1.54, 1.807) is 6.20 Å². The number of nitrogens with zero attached hydrogens (tertiary/aromatic N) is 2. The summed E-state index contributed by atoms with van der Waals surface area (Å²) in [5.74, 6) is 1.70. The van der Waals surface area contributed by atoms with Crippen LogP contribution in [-0.2, 0) is 0 Å². The van der Waals surface area contributed by atoms with E-state index in [0.717, 1.165) is 28.2 Å². The molecule has 12 heavy (non-hydrogen) atoms. The summed E-state index contributed by atoms with van der Waals surface area (Å²) in [5, 5.41) is 0. The molecule has 0 atom stereocenters. The van der Waals surface area contributed by atoms with Crippen molar-refractivity contribution in [1.29, 1.82) is 0 Å². The van der Waals surface area contributed by atoms with Gasteiger partial charge < -0.3 is 4.42 Å². The first kappa shape index (κ1) is 7.28. The third-order valence-electron chi connectivity index (χ3n) is 2.02. The van der Waals surface area contributed by atoms with E-state index < -0.39 is 0 Å². The molecule has 0 radical (unpaired) electrons. The van der Waals surface area contributed by atoms with Crippen LogP contribution in [0.3, 0.4) is 0 Å². The SMILES string of the molecule is Cc1ncc2oc(C)c(C)c2n1. The van der Waals surface area contributed by atoms with Gasteiger partial charge in [0, 0.05) is 5.56 Å². The normalized spacial score (nSPS) is 10.9. The monoisotopic (exact) mass is 162 g/mol. The van der Waals surface area contributed by atoms with Gasteiger partial charge in [0.1, 0.15) is 17.1 Å². The lowest BCUT2D eigenvalue weighted by molar-refractivity contribution is 0.573. The molecule has 2 aromatic rings. The van der Waals surface area contributed by atoms with Crippen molar-refractivity contribution in [1.82, 2.24) is 9.97 Å². The molecule has 0 saturated carbocycles. The summed E-state index contributed by atoms with van der Waals surface area (Å²) in [7, 11) is 0. The highest BCUT2D eigenvalue weighted by atomic mass is 16.3. The van der Waals surface area contributed by atoms with Crippen LogP contribution in [0.4, 0.5) is 0 Å². The zero-order valence-electron chi connectivity index (χ0n) is 7.38. The van der Waals surface area contributed by atoms with Crippen LogP contribution < -0.4 is 0 Å². The lowest BCUT2D eigenvalue weighted by Crippen LogP contribution is -1.85. The van der Waals surface area contributed by atoms with Crippen LogP contribution in [0.25, 0.3) is 11.1 Å². The van der Waals surface area contributed by atoms with E-state index in [1.165, 1.54) is 0 Å². The van der Waals surface area contributed by atoms with Crippen molar-refractivity contribution in [3.63, 3.8) is 0 Å². The summed E-state index contributed by atoms with van der Waals surface area (Å²) in [6, 6.07) is 0. The van der Waals surface area contributed by atoms with E-state index in [2.05, 4.69) is 9.97 Å². The highest BCUT2D eigenvalue weighted by molar-refractivity contribution is 5.76. The quantitative estimate of drug-likeness (QED) is 0.595. The van der Waals surface area contributed by atoms with E-state index in [1.807, 2.05) is 20.8 Å². The first-order chi connectivity index (χ1) is 5.68. The van der Waals surface area contributed by atoms with Gasteiger partial charge in [-0.3, -0.25) is 0 Å². The van der Waals surface area contributed by atoms with Crippen molar-refractivity contribution in [2.75, 3.05) is 0 Å². The summed E-state index contributed by atoms with van der Waals surface area (Å²) < 4.78 is 5.43. The smallest absolute Gasteiger partial charge is 0.171 e. The Morgan fingerprint density at radius 1 is 1.25 bits per heavy atom. The second-order valence-electron chi connectivity index (χ2n) is 2.91. The Morgan fingerprint density at radius 2 is 2.00 bits per heavy atom. The van der Waals surface area contributed by atoms with Gasteiger partial charge in [-0.25, -0.2) is 9.97 Å². The van der Waals surface area contributed by atoms with Gasteiger partial charge in [-0.05, 0) is 20.8 Å². The average Bonchev–Trinajstić information content (AvgIpc) is 2.31. The molecule has 0 fully saturated rings. The van der Waals surface area contributed by atoms with Crippen molar-refractivity contribution < 1.29 is 4.42 Å². The van der Waals surface area contributed by atoms with Crippen LogP contribution in [0.1, 0.15) is 17.1 Å². The molecule has 0 aliphatic carbocycles. The number of hydrogen-bond donors (Lipinski definition) is 0. The molecule has 3 nitrogen and oxygen atoms in total. The lowest BCUT2D eigenvalue weighted by Gasteiger charge is -1.89. The zero-order chi connectivity index (χ0) is 8.72. The van der Waals surface area contributed by atoms with E-state index >= 15 is 0 Å². The Labute approximate surface area is 70.4 Å². The van der Waals surface area contributed by atoms with Crippen molar-refractivity contribution in [3.05, 3.63) is 23.3 Å². The van der Waals surface area contributed by atoms with Crippen LogP contribution in [0.15, 0.2) is 10.6 Å². The number of rotatable bonds is 0. The molecule has 0 N–H and O–H groups in total. The van der Waals surface area contributed by atoms with Crippen molar-refractivity contribution in [2.24, 2.45) is 0 Å². The second-order valence-corrected chi connectivity index (χ2v) is 2.91. The number of hydrogen-bond acceptors (Lipinski definition) is 3. The molecule has 0 aliphatic heterocycles. The summed E-state index contributed by atoms with van der Waals surface area (Å²) in [6.45, 7) is 5.82. The van der Waals surface area contributed by atoms with Crippen LogP contribution >= 0.6 is 0 Å². The third kappa shape index (κ3) is 0.897. The molecule has 0 unspecified atom stereocenters. The Hall–Kier alpha value is -1.38. The second kappa shape index (κ2) is 2.30. The maximum absolute atomic E-state index is 5.43. The third-order valence-corrected chi connectivity index (χ3v) is 2.02. The molecular formula is C9H10N2O. The summed E-state index contributed by atoms with van der Waals surface area (Å²) >= 11 is 0. The van der Waals surface area contributed by atoms with Gasteiger partial charge >= 0.3 is 0 Å². The molecule has 0 amide bonds. The van der Waals surface area contributed by atoms with E-state index in [0.29, 0.717) is 0 Å². The maximum Gasteiger partial charge on any atom is 0.171 e. The lowest BCUT2D eigenvalue weighted by atomic mass is 10.2. The van der Waals surface area contributed by atoms with E-state index in [9.17, 15) is 0 Å². The molecule has 0 spiro atoms. The molecule has 3 heteroatoms. The summed E-state index contributed by atoms with van der Waals surface area (Å²) in [4.78, 5) is 8.35. The molecule has 0 aromatic carbocycles. The maximum atomic E-state index is 5.43. The van der Waals surface area contributed by atoms with Gasteiger partial charge in [0.2, 0.25) is 0 Å². The van der Waals surface area contributed by atoms with Gasteiger partial charge in [0.05, 0.1) is 6.20 Å². The molecular weight excluding hydrogens is 152 g/mol. The van der Waals surface area contributed by atoms with Crippen LogP contribution in [-0.4, -0.2) is 9.97 Å². The first-order valence-corrected chi connectivity index (χ1v) is 3.88. The predicted octanol–water partition coefficient (Wildman–Crippen LogP) is 2.15. The van der Waals surface area contributed by atoms with Crippen LogP contribution in [0.5, 0.6) is 0 Å². The molecule has 2 heterocycles. The molecule has 0 saturated heterocycles. The minimum Gasteiger partial charge on any atom is -0.458 e. The Kier molecular flexibility index (Phi) is 1.40. The number of aromatic nitrogens is 2. The fraction of sp³-hybridized carbons (Fsp3) is 0.333. The van der Waals surface area contributed by atoms with Gasteiger partial charge in [0.15, 0.2) is 5.58 Å². The van der Waals surface area contributed by atoms with E-state index in [4.69, 9.17) is 4.42 Å². The molecule has 62 valence electrons. The van der Waals surface area contributed by atoms with Crippen molar-refractivity contribution >= 4 is 11.1 Å². The Bertz CT molecular complexity index is 431. The predicted molar refractivity (Wildman–Crippen MR) is 46.0 cm³/mol. The van der Waals surface area contributed by atoms with E-state index in [-0.39, 0.29) is 0 Å². The number of furan rings is 1. The highest BCUT2D eigenvalue weighted by Gasteiger charge is 2.07. The van der Waals surface area contributed by atoms with Crippen LogP contribution in [0, 0.1) is 20.8 Å². The minimum absolute atomic E-state index is 0.774. The number of aryl methyl sites for hydroxylation is 3. The Morgan fingerprint density at radius 3 is 2.75 bits per heavy atom. The molecule has 2 aromatic heterocycles. The molecule has 0 aliphatic rings. The van der Waals surface area contributed by atoms with Crippen molar-refractivity contribution in [2.45, 2.75) is 20.8 Å². The minimum atomic E-state index is 0.774. The fourth-order valence-electron chi connectivity index (χ4n) is 1.21. The molecule has 0 bridgehead atoms. The average molecular weight is 162 g/mol. The summed E-state index contributed by atoms with van der Waals surface area (Å²) in [6.07, 6.45) is 1.72. The largest absolute Gasteiger partial charge is 0.458 e. The van der Waals surface area contributed by atoms with Gasteiger partial charge in [-0.15, -0.1) is 0 Å². The Balaban J connectivity index is 2.88. The first-order valence-electron chi connectivity index (χ1n) is 3.88.